The fourth-order valence-electron chi connectivity index (χ4n) is 5.12. The molecule has 2 aromatic rings. The number of thioether (sulfide) groups is 1. The number of carbonyl (C=O) groups excluding carboxylic acids is 2. The summed E-state index contributed by atoms with van der Waals surface area (Å²) in [5, 5.41) is 6.13. The van der Waals surface area contributed by atoms with E-state index in [9.17, 15) is 22.8 Å². The first-order valence-electron chi connectivity index (χ1n) is 10.9. The van der Waals surface area contributed by atoms with Gasteiger partial charge in [0, 0.05) is 39.6 Å². The topological polar surface area (TPSA) is 67.4 Å². The van der Waals surface area contributed by atoms with Crippen LogP contribution in [0.5, 0.6) is 0 Å². The molecular weight excluding hydrogens is 489 g/mol. The van der Waals surface area contributed by atoms with E-state index in [0.717, 1.165) is 36.3 Å². The Labute approximate surface area is 204 Å². The van der Waals surface area contributed by atoms with Crippen molar-refractivity contribution in [3.63, 3.8) is 0 Å². The van der Waals surface area contributed by atoms with E-state index in [-0.39, 0.29) is 22.5 Å². The van der Waals surface area contributed by atoms with Crippen LogP contribution in [0, 0.1) is 35.2 Å². The van der Waals surface area contributed by atoms with Crippen molar-refractivity contribution in [3.8, 4) is 0 Å². The molecule has 0 aliphatic heterocycles. The van der Waals surface area contributed by atoms with Gasteiger partial charge in [0.2, 0.25) is 0 Å². The summed E-state index contributed by atoms with van der Waals surface area (Å²) < 4.78 is 44.9. The molecule has 34 heavy (non-hydrogen) atoms. The van der Waals surface area contributed by atoms with Crippen molar-refractivity contribution in [2.45, 2.75) is 42.4 Å². The zero-order valence-corrected chi connectivity index (χ0v) is 20.1. The number of carbonyl (C=O) groups is 2. The molecule has 2 aromatic carbocycles. The quantitative estimate of drug-likeness (QED) is 0.464. The van der Waals surface area contributed by atoms with E-state index < -0.39 is 29.5 Å². The predicted octanol–water partition coefficient (Wildman–Crippen LogP) is 6.26. The Bertz CT molecular complexity index is 1100. The SMILES string of the molecule is COC(=O)NC1C2CC(Sc3cc(C(=O)Nc4cc(F)c(F)c(F)c4)ccc3Cl)C[C@@H]1[C@@H](C)C2. The average molecular weight is 513 g/mol. The van der Waals surface area contributed by atoms with Gasteiger partial charge in [-0.15, -0.1) is 11.8 Å². The molecule has 0 saturated heterocycles. The molecule has 5 nitrogen and oxygen atoms in total. The Balaban J connectivity index is 1.46. The molecule has 2 fully saturated rings. The number of alkyl carbamates (subject to hydrolysis) is 1. The molecule has 2 bridgehead atoms. The molecule has 0 aromatic heterocycles. The Hall–Kier alpha value is -2.39. The summed E-state index contributed by atoms with van der Waals surface area (Å²) in [5.74, 6) is -3.83. The Morgan fingerprint density at radius 2 is 1.79 bits per heavy atom. The number of hydrogen-bond donors (Lipinski definition) is 2. The lowest BCUT2D eigenvalue weighted by Gasteiger charge is -2.36. The number of benzene rings is 2. The third-order valence-corrected chi connectivity index (χ3v) is 8.43. The van der Waals surface area contributed by atoms with Crippen LogP contribution in [0.3, 0.4) is 0 Å². The summed E-state index contributed by atoms with van der Waals surface area (Å²) >= 11 is 7.99. The van der Waals surface area contributed by atoms with Crippen molar-refractivity contribution in [1.29, 1.82) is 0 Å². The second-order valence-corrected chi connectivity index (χ2v) is 10.6. The van der Waals surface area contributed by atoms with Crippen molar-refractivity contribution in [1.82, 2.24) is 5.32 Å². The molecule has 0 spiro atoms. The van der Waals surface area contributed by atoms with Crippen molar-refractivity contribution in [2.24, 2.45) is 17.8 Å². The number of nitrogens with one attached hydrogen (secondary N) is 2. The van der Waals surface area contributed by atoms with Crippen LogP contribution in [0.2, 0.25) is 5.02 Å². The first-order valence-corrected chi connectivity index (χ1v) is 12.2. The summed E-state index contributed by atoms with van der Waals surface area (Å²) in [5.41, 5.74) is 0.0713. The lowest BCUT2D eigenvalue weighted by Crippen LogP contribution is -2.46. The number of hydrogen-bond acceptors (Lipinski definition) is 4. The standard InChI is InChI=1S/C24H24ClF3N2O3S/c1-11-5-13-6-15(10-16(11)22(13)30-24(32)33-2)34-20-7-12(3-4-17(20)25)23(31)29-14-8-18(26)21(28)19(27)9-14/h3-4,7-9,11,13,15-16,22H,5-6,10H2,1-2H3,(H,29,31)(H,30,32)/t11-,13?,15?,16+,22?/m0/s1. The molecule has 2 saturated carbocycles. The van der Waals surface area contributed by atoms with Gasteiger partial charge < -0.3 is 15.4 Å². The molecule has 5 atom stereocenters. The van der Waals surface area contributed by atoms with Gasteiger partial charge in [-0.2, -0.15) is 0 Å². The molecular formula is C24H24ClF3N2O3S. The minimum absolute atomic E-state index is 0.0865. The Morgan fingerprint density at radius 3 is 2.44 bits per heavy atom. The smallest absolute Gasteiger partial charge is 0.407 e. The van der Waals surface area contributed by atoms with Crippen LogP contribution in [0.1, 0.15) is 36.5 Å². The number of ether oxygens (including phenoxy) is 1. The molecule has 0 heterocycles. The molecule has 4 rings (SSSR count). The lowest BCUT2D eigenvalue weighted by molar-refractivity contribution is 0.102. The van der Waals surface area contributed by atoms with Crippen molar-refractivity contribution in [3.05, 3.63) is 58.4 Å². The minimum atomic E-state index is -1.59. The van der Waals surface area contributed by atoms with Crippen LogP contribution < -0.4 is 10.6 Å². The van der Waals surface area contributed by atoms with Crippen LogP contribution in [0.25, 0.3) is 0 Å². The van der Waals surface area contributed by atoms with E-state index in [2.05, 4.69) is 17.6 Å². The van der Waals surface area contributed by atoms with Crippen molar-refractivity contribution in [2.75, 3.05) is 12.4 Å². The summed E-state index contributed by atoms with van der Waals surface area (Å²) in [7, 11) is 1.36. The summed E-state index contributed by atoms with van der Waals surface area (Å²) in [6.45, 7) is 2.20. The molecule has 2 aliphatic carbocycles. The Kier molecular flexibility index (Phi) is 7.33. The summed E-state index contributed by atoms with van der Waals surface area (Å²) in [4.78, 5) is 25.1. The second-order valence-electron chi connectivity index (χ2n) is 8.86. The van der Waals surface area contributed by atoms with Crippen LogP contribution in [-0.4, -0.2) is 30.4 Å². The fraction of sp³-hybridized carbons (Fsp3) is 0.417. The maximum Gasteiger partial charge on any atom is 0.407 e. The highest BCUT2D eigenvalue weighted by molar-refractivity contribution is 8.00. The zero-order valence-electron chi connectivity index (χ0n) is 18.5. The molecule has 3 unspecified atom stereocenters. The van der Waals surface area contributed by atoms with Gasteiger partial charge in [0.15, 0.2) is 17.5 Å². The monoisotopic (exact) mass is 512 g/mol. The highest BCUT2D eigenvalue weighted by Crippen LogP contribution is 2.50. The van der Waals surface area contributed by atoms with E-state index >= 15 is 0 Å². The van der Waals surface area contributed by atoms with Gasteiger partial charge in [-0.1, -0.05) is 18.5 Å². The van der Waals surface area contributed by atoms with E-state index in [1.54, 1.807) is 23.9 Å². The predicted molar refractivity (Wildman–Crippen MR) is 125 cm³/mol. The highest BCUT2D eigenvalue weighted by atomic mass is 35.5. The Morgan fingerprint density at radius 1 is 1.09 bits per heavy atom. The average Bonchev–Trinajstić information content (AvgIpc) is 2.96. The first kappa shape index (κ1) is 24.7. The van der Waals surface area contributed by atoms with Crippen LogP contribution in [0.15, 0.2) is 35.2 Å². The maximum atomic E-state index is 13.5. The number of rotatable bonds is 5. The normalized spacial score (nSPS) is 25.6. The van der Waals surface area contributed by atoms with Crippen LogP contribution >= 0.6 is 23.4 Å². The summed E-state index contributed by atoms with van der Waals surface area (Å²) in [6.07, 6.45) is 2.39. The first-order chi connectivity index (χ1) is 16.2. The van der Waals surface area contributed by atoms with Crippen LogP contribution in [0.4, 0.5) is 23.7 Å². The van der Waals surface area contributed by atoms with Crippen molar-refractivity contribution >= 4 is 41.1 Å². The van der Waals surface area contributed by atoms with Crippen molar-refractivity contribution < 1.29 is 27.5 Å². The molecule has 10 heteroatoms. The van der Waals surface area contributed by atoms with Gasteiger partial charge >= 0.3 is 6.09 Å². The maximum absolute atomic E-state index is 13.5. The number of amides is 2. The number of anilines is 1. The molecule has 0 radical (unpaired) electrons. The number of methoxy groups -OCH3 is 1. The molecule has 182 valence electrons. The lowest BCUT2D eigenvalue weighted by atomic mass is 9.82. The number of fused-ring (bicyclic) bond motifs is 2. The van der Waals surface area contributed by atoms with Gasteiger partial charge in [0.1, 0.15) is 0 Å². The van der Waals surface area contributed by atoms with Gasteiger partial charge in [0.05, 0.1) is 12.1 Å². The van der Waals surface area contributed by atoms with E-state index in [1.807, 2.05) is 0 Å². The van der Waals surface area contributed by atoms with E-state index in [4.69, 9.17) is 16.3 Å². The van der Waals surface area contributed by atoms with Gasteiger partial charge in [-0.25, -0.2) is 18.0 Å². The third kappa shape index (κ3) is 5.15. The van der Waals surface area contributed by atoms with Gasteiger partial charge in [0.25, 0.3) is 5.91 Å². The van der Waals surface area contributed by atoms with Crippen LogP contribution in [-0.2, 0) is 4.74 Å². The summed E-state index contributed by atoms with van der Waals surface area (Å²) in [6, 6.07) is 6.29. The van der Waals surface area contributed by atoms with Gasteiger partial charge in [-0.3, -0.25) is 4.79 Å². The van der Waals surface area contributed by atoms with Gasteiger partial charge in [-0.05, 0) is 55.2 Å². The zero-order chi connectivity index (χ0) is 24.6. The molecule has 2 aliphatic rings. The molecule has 2 amide bonds. The fourth-order valence-corrected chi connectivity index (χ4v) is 6.77. The largest absolute Gasteiger partial charge is 0.453 e. The van der Waals surface area contributed by atoms with E-state index in [0.29, 0.717) is 22.8 Å². The second kappa shape index (κ2) is 10.1. The minimum Gasteiger partial charge on any atom is -0.453 e. The van der Waals surface area contributed by atoms with E-state index in [1.165, 1.54) is 13.2 Å². The third-order valence-electron chi connectivity index (χ3n) is 6.67. The number of halogens is 4. The molecule has 2 N–H and O–H groups in total. The highest BCUT2D eigenvalue weighted by Gasteiger charge is 2.47.